The summed E-state index contributed by atoms with van der Waals surface area (Å²) in [6, 6.07) is 0. The number of unbranched alkanes of at least 4 members (excludes halogenated alkanes) is 14. The zero-order valence-corrected chi connectivity index (χ0v) is 16.0. The van der Waals surface area contributed by atoms with E-state index >= 15 is 0 Å². The first kappa shape index (κ1) is 22.9. The Balaban J connectivity index is 3.13. The summed E-state index contributed by atoms with van der Waals surface area (Å²) in [4.78, 5) is 11.4. The fourth-order valence-electron chi connectivity index (χ4n) is 2.92. The zero-order chi connectivity index (χ0) is 17.9. The number of amides is 1. The van der Waals surface area contributed by atoms with Crippen LogP contribution in [-0.4, -0.2) is 11.7 Å². The maximum absolute atomic E-state index is 11.4. The Labute approximate surface area is 150 Å². The number of carbonyl (C=O) groups is 1. The first-order valence-corrected chi connectivity index (χ1v) is 10.2. The second-order valence-corrected chi connectivity index (χ2v) is 6.87. The molecule has 0 aromatic rings. The monoisotopic (exact) mass is 336 g/mol. The molecule has 0 fully saturated rings. The highest BCUT2D eigenvalue weighted by atomic mass is 16.1. The van der Waals surface area contributed by atoms with Crippen LogP contribution in [0.4, 0.5) is 0 Å². The van der Waals surface area contributed by atoms with Crippen molar-refractivity contribution in [2.75, 3.05) is 0 Å². The Kier molecular flexibility index (Phi) is 17.4. The van der Waals surface area contributed by atoms with E-state index in [2.05, 4.69) is 18.8 Å². The maximum atomic E-state index is 11.4. The van der Waals surface area contributed by atoms with Gasteiger partial charge in [-0.2, -0.15) is 0 Å². The highest BCUT2D eigenvalue weighted by molar-refractivity contribution is 6.02. The number of rotatable bonds is 17. The molecule has 1 amide bonds. The van der Waals surface area contributed by atoms with E-state index in [1.54, 1.807) is 0 Å². The molecule has 0 atom stereocenters. The highest BCUT2D eigenvalue weighted by Gasteiger charge is 2.01. The lowest BCUT2D eigenvalue weighted by Gasteiger charge is -2.04. The fourth-order valence-corrected chi connectivity index (χ4v) is 2.92. The van der Waals surface area contributed by atoms with Gasteiger partial charge >= 0.3 is 0 Å². The van der Waals surface area contributed by atoms with Gasteiger partial charge in [0.15, 0.2) is 0 Å². The molecule has 0 rings (SSSR count). The lowest BCUT2D eigenvalue weighted by Crippen LogP contribution is -2.27. The number of nitrogens with one attached hydrogen (secondary N) is 2. The van der Waals surface area contributed by atoms with E-state index in [-0.39, 0.29) is 11.7 Å². The molecular formula is C21H40N2O. The van der Waals surface area contributed by atoms with Crippen molar-refractivity contribution in [3.8, 4) is 0 Å². The van der Waals surface area contributed by atoms with Gasteiger partial charge in [0, 0.05) is 6.42 Å². The molecule has 24 heavy (non-hydrogen) atoms. The Hall–Kier alpha value is -1.12. The molecule has 3 heteroatoms. The topological polar surface area (TPSA) is 53.0 Å². The average molecular weight is 337 g/mol. The number of carbonyl (C=O) groups excluding carboxylic acids is 1. The predicted octanol–water partition coefficient (Wildman–Crippen LogP) is 6.53. The van der Waals surface area contributed by atoms with Gasteiger partial charge in [-0.3, -0.25) is 10.2 Å². The number of amidine groups is 1. The Bertz CT molecular complexity index is 326. The van der Waals surface area contributed by atoms with E-state index in [1.165, 1.54) is 89.5 Å². The van der Waals surface area contributed by atoms with Crippen molar-refractivity contribution in [1.29, 1.82) is 5.41 Å². The second kappa shape index (κ2) is 18.2. The van der Waals surface area contributed by atoms with Gasteiger partial charge in [0.1, 0.15) is 5.84 Å². The normalized spacial score (nSPS) is 10.5. The molecule has 2 N–H and O–H groups in total. The molecule has 0 bridgehead atoms. The van der Waals surface area contributed by atoms with Gasteiger partial charge in [0.05, 0.1) is 0 Å². The minimum atomic E-state index is -0.0606. The smallest absolute Gasteiger partial charge is 0.225 e. The average Bonchev–Trinajstić information content (AvgIpc) is 2.58. The van der Waals surface area contributed by atoms with Gasteiger partial charge in [-0.25, -0.2) is 0 Å². The Morgan fingerprint density at radius 3 is 1.54 bits per heavy atom. The van der Waals surface area contributed by atoms with Crippen LogP contribution < -0.4 is 5.32 Å². The van der Waals surface area contributed by atoms with Crippen molar-refractivity contribution in [1.82, 2.24) is 5.32 Å². The lowest BCUT2D eigenvalue weighted by atomic mass is 10.0. The van der Waals surface area contributed by atoms with Gasteiger partial charge < -0.3 is 5.32 Å². The van der Waals surface area contributed by atoms with Crippen molar-refractivity contribution in [3.63, 3.8) is 0 Å². The van der Waals surface area contributed by atoms with Crippen LogP contribution in [0.2, 0.25) is 0 Å². The van der Waals surface area contributed by atoms with Gasteiger partial charge in [-0.05, 0) is 12.5 Å². The molecule has 0 aliphatic carbocycles. The summed E-state index contributed by atoms with van der Waals surface area (Å²) in [6.45, 7) is 5.72. The maximum Gasteiger partial charge on any atom is 0.225 e. The molecule has 0 unspecified atom stereocenters. The number of hydrogen-bond acceptors (Lipinski definition) is 2. The number of hydrogen-bond donors (Lipinski definition) is 2. The third kappa shape index (κ3) is 17.2. The van der Waals surface area contributed by atoms with Crippen LogP contribution in [0.3, 0.4) is 0 Å². The van der Waals surface area contributed by atoms with Gasteiger partial charge in [-0.15, -0.1) is 0 Å². The van der Waals surface area contributed by atoms with E-state index < -0.39 is 0 Å². The summed E-state index contributed by atoms with van der Waals surface area (Å²) in [7, 11) is 0. The van der Waals surface area contributed by atoms with Crippen LogP contribution >= 0.6 is 0 Å². The van der Waals surface area contributed by atoms with Gasteiger partial charge in [-0.1, -0.05) is 103 Å². The lowest BCUT2D eigenvalue weighted by molar-refractivity contribution is -0.119. The van der Waals surface area contributed by atoms with Crippen LogP contribution in [0.5, 0.6) is 0 Å². The highest BCUT2D eigenvalue weighted by Crippen LogP contribution is 2.13. The van der Waals surface area contributed by atoms with Crippen LogP contribution in [0.1, 0.15) is 110 Å². The van der Waals surface area contributed by atoms with Crippen molar-refractivity contribution in [3.05, 3.63) is 12.7 Å². The molecule has 0 aromatic heterocycles. The third-order valence-electron chi connectivity index (χ3n) is 4.49. The van der Waals surface area contributed by atoms with E-state index in [9.17, 15) is 4.79 Å². The zero-order valence-electron chi connectivity index (χ0n) is 16.0. The fraction of sp³-hybridized carbons (Fsp3) is 0.810. The van der Waals surface area contributed by atoms with Crippen molar-refractivity contribution >= 4 is 11.7 Å². The van der Waals surface area contributed by atoms with Crippen LogP contribution in [0, 0.1) is 5.41 Å². The SMILES string of the molecule is C=CC(=N)NC(=O)CCCCCCCCCCCCCCCCC. The minimum absolute atomic E-state index is 0.0606. The summed E-state index contributed by atoms with van der Waals surface area (Å²) in [6.07, 6.45) is 21.8. The molecule has 0 aliphatic heterocycles. The standard InChI is InChI=1S/C21H40N2O/c1-3-5-6-7-8-9-10-11-12-13-14-15-16-17-18-19-21(24)23-20(22)4-2/h4H,2-3,5-19H2,1H3,(H2,22,23,24). The Morgan fingerprint density at radius 2 is 1.17 bits per heavy atom. The molecule has 140 valence electrons. The quantitative estimate of drug-likeness (QED) is 0.177. The summed E-state index contributed by atoms with van der Waals surface area (Å²) in [5.41, 5.74) is 0. The van der Waals surface area contributed by atoms with Crippen LogP contribution in [-0.2, 0) is 4.79 Å². The van der Waals surface area contributed by atoms with Crippen molar-refractivity contribution in [2.24, 2.45) is 0 Å². The van der Waals surface area contributed by atoms with E-state index in [4.69, 9.17) is 5.41 Å². The molecule has 3 nitrogen and oxygen atoms in total. The minimum Gasteiger partial charge on any atom is -0.311 e. The first-order chi connectivity index (χ1) is 11.7. The van der Waals surface area contributed by atoms with E-state index in [0.29, 0.717) is 6.42 Å². The molecule has 0 saturated carbocycles. The summed E-state index contributed by atoms with van der Waals surface area (Å²) >= 11 is 0. The largest absolute Gasteiger partial charge is 0.311 e. The van der Waals surface area contributed by atoms with E-state index in [1.807, 2.05) is 0 Å². The molecule has 0 aliphatic rings. The van der Waals surface area contributed by atoms with Gasteiger partial charge in [0.25, 0.3) is 0 Å². The van der Waals surface area contributed by atoms with Gasteiger partial charge in [0.2, 0.25) is 5.91 Å². The summed E-state index contributed by atoms with van der Waals surface area (Å²) in [5.74, 6) is 0.0375. The second-order valence-electron chi connectivity index (χ2n) is 6.87. The Morgan fingerprint density at radius 1 is 0.792 bits per heavy atom. The van der Waals surface area contributed by atoms with Crippen LogP contribution in [0.25, 0.3) is 0 Å². The molecule has 0 spiro atoms. The summed E-state index contributed by atoms with van der Waals surface area (Å²) in [5, 5.41) is 9.81. The predicted molar refractivity (Wildman–Crippen MR) is 106 cm³/mol. The van der Waals surface area contributed by atoms with Crippen LogP contribution in [0.15, 0.2) is 12.7 Å². The third-order valence-corrected chi connectivity index (χ3v) is 4.49. The molecule has 0 heterocycles. The van der Waals surface area contributed by atoms with Crippen molar-refractivity contribution < 1.29 is 4.79 Å². The van der Waals surface area contributed by atoms with Crippen molar-refractivity contribution in [2.45, 2.75) is 110 Å². The molecule has 0 saturated heterocycles. The molecular weight excluding hydrogens is 296 g/mol. The summed E-state index contributed by atoms with van der Waals surface area (Å²) < 4.78 is 0. The molecule has 0 radical (unpaired) electrons. The first-order valence-electron chi connectivity index (χ1n) is 10.2. The van der Waals surface area contributed by atoms with E-state index in [0.717, 1.165) is 12.8 Å². The molecule has 0 aromatic carbocycles.